The van der Waals surface area contributed by atoms with Crippen LogP contribution in [0.25, 0.3) is 0 Å². The first-order valence-corrected chi connectivity index (χ1v) is 4.96. The predicted molar refractivity (Wildman–Crippen MR) is 49.7 cm³/mol. The molecule has 0 unspecified atom stereocenters. The Labute approximate surface area is 75.2 Å². The zero-order valence-electron chi connectivity index (χ0n) is 7.92. The molecule has 1 atom stereocenters. The first-order valence-electron chi connectivity index (χ1n) is 4.96. The van der Waals surface area contributed by atoms with E-state index in [0.29, 0.717) is 6.42 Å². The van der Waals surface area contributed by atoms with Crippen molar-refractivity contribution in [2.45, 2.75) is 32.6 Å². The smallest absolute Gasteiger partial charge is 0.0635 e. The average molecular weight is 166 g/mol. The molecular formula is C10H18N2. The van der Waals surface area contributed by atoms with Gasteiger partial charge in [-0.1, -0.05) is 13.3 Å². The van der Waals surface area contributed by atoms with Crippen molar-refractivity contribution in [3.05, 3.63) is 0 Å². The first kappa shape index (κ1) is 9.54. The number of nitriles is 1. The summed E-state index contributed by atoms with van der Waals surface area (Å²) in [5, 5.41) is 8.44. The van der Waals surface area contributed by atoms with Gasteiger partial charge in [0.25, 0.3) is 0 Å². The second kappa shape index (κ2) is 5.16. The van der Waals surface area contributed by atoms with Crippen molar-refractivity contribution in [3.63, 3.8) is 0 Å². The third-order valence-electron chi connectivity index (χ3n) is 2.72. The summed E-state index contributed by atoms with van der Waals surface area (Å²) in [5.41, 5.74) is 0. The number of piperidine rings is 1. The lowest BCUT2D eigenvalue weighted by Gasteiger charge is -2.31. The predicted octanol–water partition coefficient (Wildman–Crippen LogP) is 2.02. The van der Waals surface area contributed by atoms with Gasteiger partial charge in [-0.05, 0) is 25.3 Å². The van der Waals surface area contributed by atoms with Crippen molar-refractivity contribution in [1.82, 2.24) is 4.90 Å². The summed E-state index contributed by atoms with van der Waals surface area (Å²) in [5.74, 6) is 0.887. The van der Waals surface area contributed by atoms with Crippen molar-refractivity contribution in [1.29, 1.82) is 5.26 Å². The Morgan fingerprint density at radius 2 is 2.42 bits per heavy atom. The number of likely N-dealkylation sites (tertiary alicyclic amines) is 1. The van der Waals surface area contributed by atoms with Gasteiger partial charge in [-0.3, -0.25) is 0 Å². The van der Waals surface area contributed by atoms with Gasteiger partial charge in [0.1, 0.15) is 0 Å². The molecule has 0 saturated carbocycles. The topological polar surface area (TPSA) is 27.0 Å². The Bertz CT molecular complexity index is 160. The molecule has 12 heavy (non-hydrogen) atoms. The summed E-state index contributed by atoms with van der Waals surface area (Å²) < 4.78 is 0. The van der Waals surface area contributed by atoms with Crippen LogP contribution in [0, 0.1) is 17.2 Å². The van der Waals surface area contributed by atoms with Crippen molar-refractivity contribution < 1.29 is 0 Å². The van der Waals surface area contributed by atoms with Gasteiger partial charge in [-0.15, -0.1) is 0 Å². The Morgan fingerprint density at radius 3 is 3.08 bits per heavy atom. The maximum absolute atomic E-state index is 8.44. The molecule has 0 radical (unpaired) electrons. The van der Waals surface area contributed by atoms with Crippen molar-refractivity contribution in [3.8, 4) is 6.07 Å². The fraction of sp³-hybridized carbons (Fsp3) is 0.900. The second-order valence-corrected chi connectivity index (χ2v) is 3.63. The summed E-state index contributed by atoms with van der Waals surface area (Å²) >= 11 is 0. The highest BCUT2D eigenvalue weighted by Crippen LogP contribution is 2.18. The highest BCUT2D eigenvalue weighted by Gasteiger charge is 2.17. The van der Waals surface area contributed by atoms with E-state index in [1.165, 1.54) is 32.4 Å². The lowest BCUT2D eigenvalue weighted by atomic mass is 9.96. The molecule has 0 aromatic carbocycles. The lowest BCUT2D eigenvalue weighted by Crippen LogP contribution is -2.35. The summed E-state index contributed by atoms with van der Waals surface area (Å²) in [6, 6.07) is 2.21. The summed E-state index contributed by atoms with van der Waals surface area (Å²) in [6.07, 6.45) is 4.70. The molecule has 0 aliphatic carbocycles. The largest absolute Gasteiger partial charge is 0.302 e. The third kappa shape index (κ3) is 2.83. The molecule has 2 nitrogen and oxygen atoms in total. The molecule has 0 bridgehead atoms. The maximum Gasteiger partial charge on any atom is 0.0635 e. The van der Waals surface area contributed by atoms with E-state index in [1.807, 2.05) is 0 Å². The SMILES string of the molecule is CC[C@H]1CCCN(CCC#N)C1. The van der Waals surface area contributed by atoms with Gasteiger partial charge in [0.2, 0.25) is 0 Å². The van der Waals surface area contributed by atoms with Crippen LogP contribution in [0.1, 0.15) is 32.6 Å². The molecule has 1 rings (SSSR count). The number of hydrogen-bond acceptors (Lipinski definition) is 2. The molecule has 0 amide bonds. The quantitative estimate of drug-likeness (QED) is 0.641. The molecule has 0 aromatic heterocycles. The minimum Gasteiger partial charge on any atom is -0.302 e. The van der Waals surface area contributed by atoms with E-state index in [0.717, 1.165) is 12.5 Å². The molecule has 0 spiro atoms. The van der Waals surface area contributed by atoms with E-state index >= 15 is 0 Å². The molecule has 68 valence electrons. The van der Waals surface area contributed by atoms with Crippen LogP contribution in [-0.4, -0.2) is 24.5 Å². The van der Waals surface area contributed by atoms with E-state index < -0.39 is 0 Å². The number of rotatable bonds is 3. The molecular weight excluding hydrogens is 148 g/mol. The molecule has 1 fully saturated rings. The summed E-state index contributed by atoms with van der Waals surface area (Å²) in [4.78, 5) is 2.43. The first-order chi connectivity index (χ1) is 5.86. The Morgan fingerprint density at radius 1 is 1.58 bits per heavy atom. The van der Waals surface area contributed by atoms with Gasteiger partial charge >= 0.3 is 0 Å². The van der Waals surface area contributed by atoms with Gasteiger partial charge in [0.05, 0.1) is 6.07 Å². The molecule has 1 saturated heterocycles. The maximum atomic E-state index is 8.44. The van der Waals surface area contributed by atoms with Crippen LogP contribution in [0.2, 0.25) is 0 Å². The highest BCUT2D eigenvalue weighted by molar-refractivity contribution is 4.76. The molecule has 1 heterocycles. The molecule has 1 aliphatic rings. The fourth-order valence-electron chi connectivity index (χ4n) is 1.90. The fourth-order valence-corrected chi connectivity index (χ4v) is 1.90. The van der Waals surface area contributed by atoms with Crippen molar-refractivity contribution in [2.24, 2.45) is 5.92 Å². The van der Waals surface area contributed by atoms with Crippen LogP contribution < -0.4 is 0 Å². The van der Waals surface area contributed by atoms with Crippen LogP contribution in [-0.2, 0) is 0 Å². The third-order valence-corrected chi connectivity index (χ3v) is 2.72. The highest BCUT2D eigenvalue weighted by atomic mass is 15.1. The van der Waals surface area contributed by atoms with E-state index in [9.17, 15) is 0 Å². The molecule has 0 aromatic rings. The molecule has 1 aliphatic heterocycles. The minimum atomic E-state index is 0.691. The van der Waals surface area contributed by atoms with E-state index in [2.05, 4.69) is 17.9 Å². The van der Waals surface area contributed by atoms with Crippen LogP contribution in [0.15, 0.2) is 0 Å². The summed E-state index contributed by atoms with van der Waals surface area (Å²) in [7, 11) is 0. The van der Waals surface area contributed by atoms with Crippen molar-refractivity contribution in [2.75, 3.05) is 19.6 Å². The van der Waals surface area contributed by atoms with Crippen LogP contribution in [0.5, 0.6) is 0 Å². The lowest BCUT2D eigenvalue weighted by molar-refractivity contribution is 0.175. The molecule has 2 heteroatoms. The van der Waals surface area contributed by atoms with Gasteiger partial charge in [-0.2, -0.15) is 5.26 Å². The number of nitrogens with zero attached hydrogens (tertiary/aromatic N) is 2. The van der Waals surface area contributed by atoms with Crippen LogP contribution >= 0.6 is 0 Å². The average Bonchev–Trinajstić information content (AvgIpc) is 2.15. The van der Waals surface area contributed by atoms with Gasteiger partial charge in [0, 0.05) is 19.5 Å². The Kier molecular flexibility index (Phi) is 4.10. The zero-order chi connectivity index (χ0) is 8.81. The second-order valence-electron chi connectivity index (χ2n) is 3.63. The van der Waals surface area contributed by atoms with E-state index in [4.69, 9.17) is 5.26 Å². The monoisotopic (exact) mass is 166 g/mol. The van der Waals surface area contributed by atoms with Crippen LogP contribution in [0.3, 0.4) is 0 Å². The normalized spacial score (nSPS) is 25.2. The Hall–Kier alpha value is -0.550. The van der Waals surface area contributed by atoms with E-state index in [1.54, 1.807) is 0 Å². The summed E-state index contributed by atoms with van der Waals surface area (Å²) in [6.45, 7) is 5.67. The minimum absolute atomic E-state index is 0.691. The molecule has 0 N–H and O–H groups in total. The van der Waals surface area contributed by atoms with Gasteiger partial charge in [0.15, 0.2) is 0 Å². The van der Waals surface area contributed by atoms with Crippen molar-refractivity contribution >= 4 is 0 Å². The van der Waals surface area contributed by atoms with Gasteiger partial charge < -0.3 is 4.90 Å². The Balaban J connectivity index is 2.22. The standard InChI is InChI=1S/C10H18N2/c1-2-10-5-3-7-12(9-10)8-4-6-11/h10H,2-5,7-9H2,1H3/t10-/m0/s1. The van der Waals surface area contributed by atoms with Gasteiger partial charge in [-0.25, -0.2) is 0 Å². The van der Waals surface area contributed by atoms with E-state index in [-0.39, 0.29) is 0 Å². The van der Waals surface area contributed by atoms with Crippen LogP contribution in [0.4, 0.5) is 0 Å². The number of hydrogen-bond donors (Lipinski definition) is 0. The zero-order valence-corrected chi connectivity index (χ0v) is 7.92.